The Labute approximate surface area is 125 Å². The molecule has 2 rings (SSSR count). The average Bonchev–Trinajstić information content (AvgIpc) is 2.41. The van der Waals surface area contributed by atoms with Crippen LogP contribution in [0, 0.1) is 0 Å². The molecule has 0 aliphatic carbocycles. The summed E-state index contributed by atoms with van der Waals surface area (Å²) in [5.41, 5.74) is 0.713. The predicted molar refractivity (Wildman–Crippen MR) is 80.6 cm³/mol. The third-order valence-electron chi connectivity index (χ3n) is 3.91. The summed E-state index contributed by atoms with van der Waals surface area (Å²) in [5, 5.41) is 3.41. The molecule has 0 radical (unpaired) electrons. The third-order valence-corrected chi connectivity index (χ3v) is 4.20. The predicted octanol–water partition coefficient (Wildman–Crippen LogP) is 1.74. The van der Waals surface area contributed by atoms with Crippen molar-refractivity contribution in [1.29, 1.82) is 0 Å². The van der Waals surface area contributed by atoms with E-state index in [0.717, 1.165) is 6.54 Å². The highest BCUT2D eigenvalue weighted by atomic mass is 35.5. The van der Waals surface area contributed by atoms with E-state index in [-0.39, 0.29) is 5.91 Å². The minimum atomic E-state index is 0.0370. The number of hydrogen-bond donors (Lipinski definition) is 2. The van der Waals surface area contributed by atoms with Gasteiger partial charge in [0.1, 0.15) is 5.75 Å². The fourth-order valence-electron chi connectivity index (χ4n) is 2.67. The molecule has 1 heterocycles. The zero-order valence-electron chi connectivity index (χ0n) is 12.0. The van der Waals surface area contributed by atoms with Crippen LogP contribution in [0.15, 0.2) is 18.2 Å². The fraction of sp³-hybridized carbons (Fsp3) is 0.533. The first-order chi connectivity index (χ1) is 9.60. The Balaban J connectivity index is 1.92. The van der Waals surface area contributed by atoms with Crippen molar-refractivity contribution in [2.75, 3.05) is 25.5 Å². The van der Waals surface area contributed by atoms with Crippen molar-refractivity contribution >= 4 is 23.2 Å². The van der Waals surface area contributed by atoms with Crippen molar-refractivity contribution in [1.82, 2.24) is 0 Å². The maximum atomic E-state index is 12.1. The average molecular weight is 298 g/mol. The molecule has 1 amide bonds. The van der Waals surface area contributed by atoms with Crippen LogP contribution in [-0.4, -0.2) is 32.1 Å². The lowest BCUT2D eigenvalue weighted by Crippen LogP contribution is -3.17. The van der Waals surface area contributed by atoms with E-state index in [2.05, 4.69) is 12.2 Å². The Bertz CT molecular complexity index is 479. The second kappa shape index (κ2) is 6.95. The van der Waals surface area contributed by atoms with Crippen LogP contribution < -0.4 is 15.0 Å². The SMILES string of the molecule is COc1ccc(NC(=O)C[NH+]2CCCC[C@H]2C)cc1Cl. The lowest BCUT2D eigenvalue weighted by atomic mass is 10.0. The summed E-state index contributed by atoms with van der Waals surface area (Å²) in [4.78, 5) is 13.5. The van der Waals surface area contributed by atoms with Crippen molar-refractivity contribution in [2.45, 2.75) is 32.2 Å². The number of hydrogen-bond acceptors (Lipinski definition) is 2. The number of carbonyl (C=O) groups excluding carboxylic acids is 1. The van der Waals surface area contributed by atoms with Crippen LogP contribution in [0.1, 0.15) is 26.2 Å². The van der Waals surface area contributed by atoms with E-state index >= 15 is 0 Å². The number of likely N-dealkylation sites (tertiary alicyclic amines) is 1. The summed E-state index contributed by atoms with van der Waals surface area (Å²) >= 11 is 6.05. The molecule has 1 saturated heterocycles. The molecule has 20 heavy (non-hydrogen) atoms. The summed E-state index contributed by atoms with van der Waals surface area (Å²) in [6.45, 7) is 3.81. The van der Waals surface area contributed by atoms with E-state index in [1.165, 1.54) is 24.2 Å². The number of anilines is 1. The van der Waals surface area contributed by atoms with Gasteiger partial charge >= 0.3 is 0 Å². The van der Waals surface area contributed by atoms with E-state index < -0.39 is 0 Å². The van der Waals surface area contributed by atoms with E-state index in [9.17, 15) is 4.79 Å². The van der Waals surface area contributed by atoms with E-state index in [1.54, 1.807) is 25.3 Å². The molecule has 2 atom stereocenters. The molecule has 1 aliphatic rings. The number of carbonyl (C=O) groups is 1. The van der Waals surface area contributed by atoms with Crippen molar-refractivity contribution in [3.8, 4) is 5.75 Å². The van der Waals surface area contributed by atoms with Gasteiger partial charge in [-0.15, -0.1) is 0 Å². The molecule has 0 aromatic heterocycles. The number of ether oxygens (including phenoxy) is 1. The van der Waals surface area contributed by atoms with Crippen molar-refractivity contribution in [3.63, 3.8) is 0 Å². The second-order valence-electron chi connectivity index (χ2n) is 5.38. The normalized spacial score (nSPS) is 22.4. The van der Waals surface area contributed by atoms with Crippen LogP contribution in [0.25, 0.3) is 0 Å². The minimum Gasteiger partial charge on any atom is -0.495 e. The Morgan fingerprint density at radius 1 is 1.50 bits per heavy atom. The third kappa shape index (κ3) is 3.87. The van der Waals surface area contributed by atoms with Gasteiger partial charge in [-0.25, -0.2) is 0 Å². The number of methoxy groups -OCH3 is 1. The Morgan fingerprint density at radius 2 is 2.30 bits per heavy atom. The summed E-state index contributed by atoms with van der Waals surface area (Å²) in [7, 11) is 1.57. The number of piperidine rings is 1. The van der Waals surface area contributed by atoms with Crippen LogP contribution in [0.5, 0.6) is 5.75 Å². The Morgan fingerprint density at radius 3 is 2.95 bits per heavy atom. The highest BCUT2D eigenvalue weighted by Crippen LogP contribution is 2.27. The standard InChI is InChI=1S/C15H21ClN2O2/c1-11-5-3-4-8-18(11)10-15(19)17-12-6-7-14(20-2)13(16)9-12/h6-7,9,11H,3-5,8,10H2,1-2H3,(H,17,19)/p+1/t11-/m1/s1. The molecule has 1 unspecified atom stereocenters. The smallest absolute Gasteiger partial charge is 0.279 e. The molecule has 2 N–H and O–H groups in total. The van der Waals surface area contributed by atoms with Gasteiger partial charge in [-0.1, -0.05) is 11.6 Å². The molecule has 0 bridgehead atoms. The zero-order valence-corrected chi connectivity index (χ0v) is 12.8. The molecule has 5 heteroatoms. The highest BCUT2D eigenvalue weighted by Gasteiger charge is 2.24. The van der Waals surface area contributed by atoms with Gasteiger partial charge in [0.25, 0.3) is 5.91 Å². The van der Waals surface area contributed by atoms with E-state index in [4.69, 9.17) is 16.3 Å². The van der Waals surface area contributed by atoms with Crippen LogP contribution in [0.2, 0.25) is 5.02 Å². The highest BCUT2D eigenvalue weighted by molar-refractivity contribution is 6.32. The zero-order chi connectivity index (χ0) is 14.5. The summed E-state index contributed by atoms with van der Waals surface area (Å²) in [6, 6.07) is 5.84. The molecule has 4 nitrogen and oxygen atoms in total. The van der Waals surface area contributed by atoms with Gasteiger partial charge in [-0.3, -0.25) is 4.79 Å². The Kier molecular flexibility index (Phi) is 5.26. The number of quaternary nitrogens is 1. The lowest BCUT2D eigenvalue weighted by molar-refractivity contribution is -0.920. The lowest BCUT2D eigenvalue weighted by Gasteiger charge is -2.29. The van der Waals surface area contributed by atoms with Gasteiger partial charge in [0.15, 0.2) is 6.54 Å². The summed E-state index contributed by atoms with van der Waals surface area (Å²) < 4.78 is 5.09. The number of amides is 1. The first-order valence-corrected chi connectivity index (χ1v) is 7.46. The van der Waals surface area contributed by atoms with E-state index in [1.807, 2.05) is 0 Å². The van der Waals surface area contributed by atoms with E-state index in [0.29, 0.717) is 29.0 Å². The molecule has 1 aromatic carbocycles. The molecule has 110 valence electrons. The summed E-state index contributed by atoms with van der Waals surface area (Å²) in [6.07, 6.45) is 3.69. The molecular formula is C15H22ClN2O2+. The van der Waals surface area contributed by atoms with Crippen molar-refractivity contribution in [2.24, 2.45) is 0 Å². The van der Waals surface area contributed by atoms with Crippen molar-refractivity contribution < 1.29 is 14.4 Å². The quantitative estimate of drug-likeness (QED) is 0.889. The van der Waals surface area contributed by atoms with Gasteiger partial charge in [0, 0.05) is 5.69 Å². The molecule has 1 aromatic rings. The van der Waals surface area contributed by atoms with Crippen LogP contribution in [0.3, 0.4) is 0 Å². The fourth-order valence-corrected chi connectivity index (χ4v) is 2.93. The molecule has 1 fully saturated rings. The number of benzene rings is 1. The minimum absolute atomic E-state index is 0.0370. The number of rotatable bonds is 4. The van der Waals surface area contributed by atoms with Gasteiger partial charge < -0.3 is 15.0 Å². The molecule has 0 saturated carbocycles. The summed E-state index contributed by atoms with van der Waals surface area (Å²) in [5.74, 6) is 0.648. The largest absolute Gasteiger partial charge is 0.495 e. The molecule has 0 spiro atoms. The second-order valence-corrected chi connectivity index (χ2v) is 5.79. The number of halogens is 1. The first-order valence-electron chi connectivity index (χ1n) is 7.08. The monoisotopic (exact) mass is 297 g/mol. The topological polar surface area (TPSA) is 42.8 Å². The maximum Gasteiger partial charge on any atom is 0.279 e. The Hall–Kier alpha value is -1.26. The number of nitrogens with one attached hydrogen (secondary N) is 2. The van der Waals surface area contributed by atoms with Crippen LogP contribution in [0.4, 0.5) is 5.69 Å². The maximum absolute atomic E-state index is 12.1. The van der Waals surface area contributed by atoms with Gasteiger partial charge in [-0.2, -0.15) is 0 Å². The molecule has 1 aliphatic heterocycles. The van der Waals surface area contributed by atoms with Crippen LogP contribution in [-0.2, 0) is 4.79 Å². The first kappa shape index (κ1) is 15.1. The van der Waals surface area contributed by atoms with Gasteiger partial charge in [-0.05, 0) is 44.4 Å². The van der Waals surface area contributed by atoms with Gasteiger partial charge in [0.05, 0.1) is 24.7 Å². The molecular weight excluding hydrogens is 276 g/mol. The van der Waals surface area contributed by atoms with Crippen LogP contribution >= 0.6 is 11.6 Å². The van der Waals surface area contributed by atoms with Crippen molar-refractivity contribution in [3.05, 3.63) is 23.2 Å². The van der Waals surface area contributed by atoms with Gasteiger partial charge in [0.2, 0.25) is 0 Å².